The Hall–Kier alpha value is -2.93. The van der Waals surface area contributed by atoms with Crippen LogP contribution in [0, 0.1) is 17.8 Å². The average molecular weight is 375 g/mol. The van der Waals surface area contributed by atoms with Gasteiger partial charge in [0, 0.05) is 24.5 Å². The van der Waals surface area contributed by atoms with Gasteiger partial charge in [0.25, 0.3) is 0 Å². The van der Waals surface area contributed by atoms with E-state index in [0.29, 0.717) is 0 Å². The molecule has 2 aromatic carbocycles. The lowest BCUT2D eigenvalue weighted by Gasteiger charge is -2.19. The van der Waals surface area contributed by atoms with Gasteiger partial charge in [0.1, 0.15) is 17.6 Å². The topological polar surface area (TPSA) is 47.6 Å². The van der Waals surface area contributed by atoms with Crippen molar-refractivity contribution in [2.24, 2.45) is 5.92 Å². The second-order valence-electron chi connectivity index (χ2n) is 7.70. The molecule has 0 aromatic heterocycles. The summed E-state index contributed by atoms with van der Waals surface area (Å²) >= 11 is 0. The molecule has 1 amide bonds. The summed E-state index contributed by atoms with van der Waals surface area (Å²) < 4.78 is 11.8. The van der Waals surface area contributed by atoms with Crippen LogP contribution in [0.4, 0.5) is 0 Å². The smallest absolute Gasteiger partial charge is 0.217 e. The third kappa shape index (κ3) is 4.67. The molecule has 4 rings (SSSR count). The average Bonchev–Trinajstić information content (AvgIpc) is 3.41. The largest absolute Gasteiger partial charge is 0.493 e. The van der Waals surface area contributed by atoms with E-state index in [1.54, 1.807) is 0 Å². The summed E-state index contributed by atoms with van der Waals surface area (Å²) in [6.45, 7) is 4.32. The van der Waals surface area contributed by atoms with Crippen LogP contribution in [0.3, 0.4) is 0 Å². The summed E-state index contributed by atoms with van der Waals surface area (Å²) in [5, 5.41) is 2.90. The van der Waals surface area contributed by atoms with E-state index in [1.165, 1.54) is 19.8 Å². The predicted molar refractivity (Wildman–Crippen MR) is 108 cm³/mol. The molecule has 0 spiro atoms. The molecule has 1 aliphatic heterocycles. The van der Waals surface area contributed by atoms with Crippen LogP contribution < -0.4 is 14.8 Å². The van der Waals surface area contributed by atoms with E-state index in [9.17, 15) is 4.79 Å². The van der Waals surface area contributed by atoms with Crippen molar-refractivity contribution in [3.63, 3.8) is 0 Å². The molecule has 1 aliphatic carbocycles. The molecule has 28 heavy (non-hydrogen) atoms. The van der Waals surface area contributed by atoms with Gasteiger partial charge in [-0.1, -0.05) is 17.9 Å². The van der Waals surface area contributed by atoms with Crippen LogP contribution in [0.5, 0.6) is 11.5 Å². The van der Waals surface area contributed by atoms with Crippen LogP contribution in [-0.2, 0) is 11.2 Å². The van der Waals surface area contributed by atoms with Crippen molar-refractivity contribution in [2.75, 3.05) is 6.61 Å². The molecule has 1 fully saturated rings. The molecule has 144 valence electrons. The number of rotatable bonds is 5. The second-order valence-corrected chi connectivity index (χ2v) is 7.70. The molecule has 2 aromatic rings. The number of carbonyl (C=O) groups is 1. The van der Waals surface area contributed by atoms with E-state index >= 15 is 0 Å². The molecular formula is C24H25NO3. The van der Waals surface area contributed by atoms with E-state index in [1.807, 2.05) is 43.3 Å². The van der Waals surface area contributed by atoms with Crippen molar-refractivity contribution in [1.82, 2.24) is 5.32 Å². The third-order valence-corrected chi connectivity index (χ3v) is 5.14. The van der Waals surface area contributed by atoms with E-state index in [-0.39, 0.29) is 18.1 Å². The molecule has 4 heteroatoms. The summed E-state index contributed by atoms with van der Waals surface area (Å²) in [4.78, 5) is 11.3. The van der Waals surface area contributed by atoms with Gasteiger partial charge in [-0.05, 0) is 67.6 Å². The number of carbonyl (C=O) groups excluding carboxylic acids is 1. The van der Waals surface area contributed by atoms with Gasteiger partial charge in [-0.15, -0.1) is 0 Å². The molecule has 1 saturated carbocycles. The number of amides is 1. The predicted octanol–water partition coefficient (Wildman–Crippen LogP) is 3.70. The van der Waals surface area contributed by atoms with E-state index in [4.69, 9.17) is 9.47 Å². The van der Waals surface area contributed by atoms with Gasteiger partial charge in [-0.3, -0.25) is 4.79 Å². The van der Waals surface area contributed by atoms with Crippen molar-refractivity contribution in [3.8, 4) is 23.3 Å². The molecule has 0 bridgehead atoms. The molecule has 1 heterocycles. The van der Waals surface area contributed by atoms with Crippen LogP contribution in [0.25, 0.3) is 0 Å². The van der Waals surface area contributed by atoms with Gasteiger partial charge < -0.3 is 14.8 Å². The van der Waals surface area contributed by atoms with Crippen LogP contribution >= 0.6 is 0 Å². The monoisotopic (exact) mass is 375 g/mol. The van der Waals surface area contributed by atoms with Gasteiger partial charge in [0.05, 0.1) is 12.6 Å². The maximum absolute atomic E-state index is 11.3. The first-order valence-electron chi connectivity index (χ1n) is 9.88. The van der Waals surface area contributed by atoms with Gasteiger partial charge in [-0.25, -0.2) is 0 Å². The van der Waals surface area contributed by atoms with Gasteiger partial charge in [0.15, 0.2) is 0 Å². The molecule has 4 nitrogen and oxygen atoms in total. The number of benzene rings is 2. The summed E-state index contributed by atoms with van der Waals surface area (Å²) in [5.41, 5.74) is 3.03. The van der Waals surface area contributed by atoms with Crippen LogP contribution in [-0.4, -0.2) is 24.7 Å². The SMILES string of the molecule is CC(=O)N[C@H](C)[C@@H]1Cc2ccc(C#Cc3ccc(OCC4CC4)cc3)cc2O1. The molecule has 2 atom stereocenters. The Balaban J connectivity index is 1.38. The third-order valence-electron chi connectivity index (χ3n) is 5.14. The fourth-order valence-corrected chi connectivity index (χ4v) is 3.30. The quantitative estimate of drug-likeness (QED) is 0.811. The van der Waals surface area contributed by atoms with Gasteiger partial charge >= 0.3 is 0 Å². The minimum Gasteiger partial charge on any atom is -0.493 e. The number of nitrogens with one attached hydrogen (secondary N) is 1. The maximum atomic E-state index is 11.3. The molecule has 0 unspecified atom stereocenters. The maximum Gasteiger partial charge on any atom is 0.217 e. The summed E-state index contributed by atoms with van der Waals surface area (Å²) in [6.07, 6.45) is 3.35. The fraction of sp³-hybridized carbons (Fsp3) is 0.375. The first kappa shape index (κ1) is 18.4. The highest BCUT2D eigenvalue weighted by Gasteiger charge is 2.28. The first-order valence-corrected chi connectivity index (χ1v) is 9.88. The zero-order valence-corrected chi connectivity index (χ0v) is 16.3. The minimum absolute atomic E-state index is 0.0277. The Morgan fingerprint density at radius 1 is 1.18 bits per heavy atom. The van der Waals surface area contributed by atoms with Crippen LogP contribution in [0.2, 0.25) is 0 Å². The Labute approximate surface area is 166 Å². The normalized spacial score (nSPS) is 18.3. The summed E-state index contributed by atoms with van der Waals surface area (Å²) in [5.74, 6) is 8.88. The van der Waals surface area contributed by atoms with Crippen molar-refractivity contribution >= 4 is 5.91 Å². The fourth-order valence-electron chi connectivity index (χ4n) is 3.30. The zero-order valence-electron chi connectivity index (χ0n) is 16.3. The first-order chi connectivity index (χ1) is 13.6. The van der Waals surface area contributed by atoms with Crippen LogP contribution in [0.1, 0.15) is 43.4 Å². The lowest BCUT2D eigenvalue weighted by molar-refractivity contribution is -0.120. The Bertz CT molecular complexity index is 919. The molecule has 1 N–H and O–H groups in total. The number of ether oxygens (including phenoxy) is 2. The minimum atomic E-state index is -0.0393. The van der Waals surface area contributed by atoms with Crippen LogP contribution in [0.15, 0.2) is 42.5 Å². The standard InChI is InChI=1S/C24H25NO3/c1-16(25-17(2)26)23-14-21-10-7-19(13-24(21)28-23)4-3-18-8-11-22(12-9-18)27-15-20-5-6-20/h7-13,16,20,23H,5-6,14-15H2,1-2H3,(H,25,26)/t16-,23+/m1/s1. The number of fused-ring (bicyclic) bond motifs is 1. The zero-order chi connectivity index (χ0) is 19.5. The molecule has 2 aliphatic rings. The Kier molecular flexibility index (Phi) is 5.25. The van der Waals surface area contributed by atoms with Gasteiger partial charge in [-0.2, -0.15) is 0 Å². The van der Waals surface area contributed by atoms with E-state index < -0.39 is 0 Å². The van der Waals surface area contributed by atoms with E-state index in [2.05, 4.69) is 23.2 Å². The highest BCUT2D eigenvalue weighted by molar-refractivity contribution is 5.73. The molecule has 0 radical (unpaired) electrons. The highest BCUT2D eigenvalue weighted by Crippen LogP contribution is 2.31. The van der Waals surface area contributed by atoms with Crippen molar-refractivity contribution in [2.45, 2.75) is 45.3 Å². The Morgan fingerprint density at radius 2 is 1.89 bits per heavy atom. The van der Waals surface area contributed by atoms with E-state index in [0.717, 1.165) is 47.1 Å². The number of hydrogen-bond acceptors (Lipinski definition) is 3. The second kappa shape index (κ2) is 7.98. The lowest BCUT2D eigenvalue weighted by Crippen LogP contribution is -2.42. The van der Waals surface area contributed by atoms with Gasteiger partial charge in [0.2, 0.25) is 5.91 Å². The Morgan fingerprint density at radius 3 is 2.61 bits per heavy atom. The number of hydrogen-bond donors (Lipinski definition) is 1. The van der Waals surface area contributed by atoms with Crippen molar-refractivity contribution in [1.29, 1.82) is 0 Å². The van der Waals surface area contributed by atoms with Crippen molar-refractivity contribution < 1.29 is 14.3 Å². The molecular weight excluding hydrogens is 350 g/mol. The summed E-state index contributed by atoms with van der Waals surface area (Å²) in [6, 6.07) is 14.0. The summed E-state index contributed by atoms with van der Waals surface area (Å²) in [7, 11) is 0. The molecule has 0 saturated heterocycles. The highest BCUT2D eigenvalue weighted by atomic mass is 16.5. The van der Waals surface area contributed by atoms with Crippen molar-refractivity contribution in [3.05, 3.63) is 59.2 Å². The lowest BCUT2D eigenvalue weighted by atomic mass is 10.0.